The average molecular weight is 426 g/mol. The van der Waals surface area contributed by atoms with E-state index in [2.05, 4.69) is 36.4 Å². The van der Waals surface area contributed by atoms with Gasteiger partial charge in [-0.1, -0.05) is 54.6 Å². The van der Waals surface area contributed by atoms with E-state index in [9.17, 15) is 4.79 Å². The lowest BCUT2D eigenvalue weighted by Crippen LogP contribution is -2.43. The first-order valence-electron chi connectivity index (χ1n) is 11.2. The highest BCUT2D eigenvalue weighted by Gasteiger charge is 2.34. The van der Waals surface area contributed by atoms with Gasteiger partial charge in [-0.25, -0.2) is 4.98 Å². The molecule has 4 aromatic rings. The van der Waals surface area contributed by atoms with E-state index in [1.807, 2.05) is 40.9 Å². The molecule has 0 radical (unpaired) electrons. The minimum Gasteiger partial charge on any atom is -0.396 e. The van der Waals surface area contributed by atoms with Gasteiger partial charge in [-0.15, -0.1) is 0 Å². The first-order valence-corrected chi connectivity index (χ1v) is 11.2. The van der Waals surface area contributed by atoms with Crippen LogP contribution in [0.3, 0.4) is 0 Å². The zero-order valence-corrected chi connectivity index (χ0v) is 18.0. The number of aliphatic hydroxyl groups excluding tert-OH is 1. The van der Waals surface area contributed by atoms with E-state index < -0.39 is 0 Å². The molecule has 32 heavy (non-hydrogen) atoms. The number of nitrogens with two attached hydrogens (primary N) is 1. The van der Waals surface area contributed by atoms with E-state index in [1.54, 1.807) is 0 Å². The summed E-state index contributed by atoms with van der Waals surface area (Å²) in [6.45, 7) is 0.0125. The van der Waals surface area contributed by atoms with Crippen LogP contribution in [0.5, 0.6) is 0 Å². The molecule has 2 heterocycles. The lowest BCUT2D eigenvalue weighted by atomic mass is 9.72. The first kappa shape index (κ1) is 20.6. The molecule has 0 bridgehead atoms. The maximum Gasteiger partial charge on any atom is 0.164 e. The van der Waals surface area contributed by atoms with Crippen molar-refractivity contribution in [3.8, 4) is 22.5 Å². The van der Waals surface area contributed by atoms with E-state index >= 15 is 0 Å². The van der Waals surface area contributed by atoms with Gasteiger partial charge in [0.25, 0.3) is 0 Å². The number of imidazole rings is 1. The van der Waals surface area contributed by atoms with Crippen molar-refractivity contribution < 1.29 is 9.90 Å². The number of fused-ring (bicyclic) bond motifs is 1. The topological polar surface area (TPSA) is 80.6 Å². The van der Waals surface area contributed by atoms with Crippen molar-refractivity contribution in [2.24, 2.45) is 5.73 Å². The molecular weight excluding hydrogens is 398 g/mol. The quantitative estimate of drug-likeness (QED) is 0.410. The van der Waals surface area contributed by atoms with Gasteiger partial charge >= 0.3 is 0 Å². The second kappa shape index (κ2) is 8.34. The Hall–Kier alpha value is -3.28. The third kappa shape index (κ3) is 3.64. The smallest absolute Gasteiger partial charge is 0.164 e. The molecule has 5 rings (SSSR count). The number of benzene rings is 2. The van der Waals surface area contributed by atoms with Crippen LogP contribution < -0.4 is 5.73 Å². The number of aliphatic hydroxyl groups is 1. The number of hydrogen-bond donors (Lipinski definition) is 2. The Kier molecular flexibility index (Phi) is 5.37. The van der Waals surface area contributed by atoms with Gasteiger partial charge < -0.3 is 10.8 Å². The molecule has 162 valence electrons. The van der Waals surface area contributed by atoms with E-state index in [-0.39, 0.29) is 17.9 Å². The molecule has 2 aromatic heterocycles. The summed E-state index contributed by atoms with van der Waals surface area (Å²) in [5, 5.41) is 9.07. The number of nitrogens with zero attached hydrogens (tertiary/aromatic N) is 2. The Labute approximate surface area is 187 Å². The van der Waals surface area contributed by atoms with Crippen LogP contribution in [0.1, 0.15) is 48.0 Å². The molecule has 0 atom stereocenters. The zero-order valence-electron chi connectivity index (χ0n) is 18.0. The van der Waals surface area contributed by atoms with E-state index in [4.69, 9.17) is 15.8 Å². The normalized spacial score (nSPS) is 14.9. The molecule has 1 aliphatic carbocycles. The molecular formula is C27H27N3O2. The highest BCUT2D eigenvalue weighted by Crippen LogP contribution is 2.40. The van der Waals surface area contributed by atoms with Crippen LogP contribution in [0.15, 0.2) is 72.9 Å². The molecule has 0 saturated heterocycles. The van der Waals surface area contributed by atoms with Crippen molar-refractivity contribution in [2.45, 2.75) is 37.6 Å². The summed E-state index contributed by atoms with van der Waals surface area (Å²) >= 11 is 0. The summed E-state index contributed by atoms with van der Waals surface area (Å²) in [6, 6.07) is 22.3. The number of pyridine rings is 1. The van der Waals surface area contributed by atoms with E-state index in [0.29, 0.717) is 18.4 Å². The number of carbonyl (C=O) groups is 1. The Morgan fingerprint density at radius 1 is 1.00 bits per heavy atom. The molecule has 1 fully saturated rings. The monoisotopic (exact) mass is 425 g/mol. The van der Waals surface area contributed by atoms with E-state index in [0.717, 1.165) is 41.0 Å². The van der Waals surface area contributed by atoms with Crippen LogP contribution in [0, 0.1) is 0 Å². The molecule has 5 nitrogen and oxygen atoms in total. The van der Waals surface area contributed by atoms with Crippen LogP contribution in [0.25, 0.3) is 28.2 Å². The molecule has 0 unspecified atom stereocenters. The van der Waals surface area contributed by atoms with Crippen molar-refractivity contribution in [3.63, 3.8) is 0 Å². The van der Waals surface area contributed by atoms with Crippen LogP contribution in [-0.2, 0) is 5.54 Å². The Balaban J connectivity index is 1.63. The summed E-state index contributed by atoms with van der Waals surface area (Å²) in [5.74, 6) is 0.0216. The standard InChI is InChI=1S/C27H27N3O2/c28-27(15-5-16-27)22-12-9-19(10-13-22)25-26(20-6-2-1-3-7-20)30-18-21(11-14-24(30)29-25)23(32)8-4-17-31/h1-3,6-7,9-14,18,31H,4-5,8,15-17,28H2. The molecule has 3 N–H and O–H groups in total. The number of carbonyl (C=O) groups excluding carboxylic acids is 1. The van der Waals surface area contributed by atoms with E-state index in [1.165, 1.54) is 12.0 Å². The van der Waals surface area contributed by atoms with Crippen LogP contribution in [-0.4, -0.2) is 26.9 Å². The predicted molar refractivity (Wildman–Crippen MR) is 126 cm³/mol. The van der Waals surface area contributed by atoms with Gasteiger partial charge in [0.05, 0.1) is 11.4 Å². The fourth-order valence-corrected chi connectivity index (χ4v) is 4.47. The van der Waals surface area contributed by atoms with Crippen LogP contribution in [0.4, 0.5) is 0 Å². The highest BCUT2D eigenvalue weighted by molar-refractivity contribution is 5.96. The Morgan fingerprint density at radius 3 is 2.41 bits per heavy atom. The minimum atomic E-state index is -0.191. The molecule has 0 aliphatic heterocycles. The third-order valence-electron chi connectivity index (χ3n) is 6.53. The molecule has 1 saturated carbocycles. The summed E-state index contributed by atoms with van der Waals surface area (Å²) in [6.07, 6.45) is 5.90. The van der Waals surface area contributed by atoms with Crippen molar-refractivity contribution >= 4 is 11.4 Å². The average Bonchev–Trinajstić information content (AvgIpc) is 3.20. The Bertz CT molecular complexity index is 1260. The minimum absolute atomic E-state index is 0.0125. The summed E-state index contributed by atoms with van der Waals surface area (Å²) in [4.78, 5) is 17.5. The van der Waals surface area contributed by atoms with Gasteiger partial charge in [0, 0.05) is 41.5 Å². The summed E-state index contributed by atoms with van der Waals surface area (Å²) in [7, 11) is 0. The number of hydrogen-bond acceptors (Lipinski definition) is 4. The van der Waals surface area contributed by atoms with Gasteiger partial charge in [0.1, 0.15) is 5.65 Å². The van der Waals surface area contributed by atoms with Gasteiger partial charge in [-0.05, 0) is 43.4 Å². The molecule has 5 heteroatoms. The molecule has 0 amide bonds. The maximum atomic E-state index is 12.6. The van der Waals surface area contributed by atoms with Crippen LogP contribution in [0.2, 0.25) is 0 Å². The van der Waals surface area contributed by atoms with Gasteiger partial charge in [-0.2, -0.15) is 0 Å². The second-order valence-corrected chi connectivity index (χ2v) is 8.66. The van der Waals surface area contributed by atoms with Crippen molar-refractivity contribution in [2.75, 3.05) is 6.61 Å². The molecule has 1 aliphatic rings. The summed E-state index contributed by atoms with van der Waals surface area (Å²) < 4.78 is 2.00. The number of ketones is 1. The second-order valence-electron chi connectivity index (χ2n) is 8.66. The van der Waals surface area contributed by atoms with Gasteiger partial charge in [-0.3, -0.25) is 9.20 Å². The van der Waals surface area contributed by atoms with Gasteiger partial charge in [0.2, 0.25) is 0 Å². The fraction of sp³-hybridized carbons (Fsp3) is 0.259. The highest BCUT2D eigenvalue weighted by atomic mass is 16.3. The molecule has 2 aromatic carbocycles. The first-order chi connectivity index (χ1) is 15.6. The van der Waals surface area contributed by atoms with Crippen molar-refractivity contribution in [1.29, 1.82) is 0 Å². The van der Waals surface area contributed by atoms with Crippen LogP contribution >= 0.6 is 0 Å². The SMILES string of the molecule is NC1(c2ccc(-c3nc4ccc(C(=O)CCCO)cn4c3-c3ccccc3)cc2)CCC1. The van der Waals surface area contributed by atoms with Gasteiger partial charge in [0.15, 0.2) is 5.78 Å². The largest absolute Gasteiger partial charge is 0.396 e. The molecule has 0 spiro atoms. The third-order valence-corrected chi connectivity index (χ3v) is 6.53. The number of rotatable bonds is 7. The number of aromatic nitrogens is 2. The predicted octanol–water partition coefficient (Wildman–Crippen LogP) is 4.96. The lowest BCUT2D eigenvalue weighted by molar-refractivity contribution is 0.0971. The maximum absolute atomic E-state index is 12.6. The Morgan fingerprint density at radius 2 is 1.75 bits per heavy atom. The summed E-state index contributed by atoms with van der Waals surface area (Å²) in [5.41, 5.74) is 12.8. The van der Waals surface area contributed by atoms with Crippen molar-refractivity contribution in [3.05, 3.63) is 84.1 Å². The van der Waals surface area contributed by atoms with Crippen molar-refractivity contribution in [1.82, 2.24) is 9.38 Å². The fourth-order valence-electron chi connectivity index (χ4n) is 4.47. The lowest BCUT2D eigenvalue weighted by Gasteiger charge is -2.38. The zero-order chi connectivity index (χ0) is 22.1. The number of Topliss-reactive ketones (excluding diaryl/α,β-unsaturated/α-hetero) is 1.